The number of amides is 1. The van der Waals surface area contributed by atoms with E-state index < -0.39 is 0 Å². The van der Waals surface area contributed by atoms with Gasteiger partial charge in [0.15, 0.2) is 0 Å². The maximum absolute atomic E-state index is 13.3. The Morgan fingerprint density at radius 1 is 1.06 bits per heavy atom. The van der Waals surface area contributed by atoms with Crippen molar-refractivity contribution >= 4 is 22.5 Å². The fourth-order valence-electron chi connectivity index (χ4n) is 3.34. The number of aryl methyl sites for hydroxylation is 1. The summed E-state index contributed by atoms with van der Waals surface area (Å²) in [5, 5.41) is 3.15. The molecule has 4 aromatic rings. The van der Waals surface area contributed by atoms with Crippen molar-refractivity contribution in [2.45, 2.75) is 13.8 Å². The Labute approximate surface area is 177 Å². The highest BCUT2D eigenvalue weighted by Gasteiger charge is 2.12. The van der Waals surface area contributed by atoms with Gasteiger partial charge >= 0.3 is 0 Å². The van der Waals surface area contributed by atoms with Gasteiger partial charge in [-0.15, -0.1) is 0 Å². The van der Waals surface area contributed by atoms with Gasteiger partial charge in [0.05, 0.1) is 23.2 Å². The third kappa shape index (κ3) is 4.16. The molecule has 156 valence electrons. The molecular weight excluding hydrogens is 397 g/mol. The van der Waals surface area contributed by atoms with Crippen LogP contribution in [0.4, 0.5) is 10.1 Å². The lowest BCUT2D eigenvalue weighted by atomic mass is 10.1. The largest absolute Gasteiger partial charge is 0.494 e. The first-order chi connectivity index (χ1) is 15.0. The number of hydrogen-bond donors (Lipinski definition) is 1. The second-order valence-electron chi connectivity index (χ2n) is 6.92. The average molecular weight is 417 g/mol. The molecule has 31 heavy (non-hydrogen) atoms. The van der Waals surface area contributed by atoms with Crippen LogP contribution in [0.1, 0.15) is 23.1 Å². The van der Waals surface area contributed by atoms with E-state index in [0.717, 1.165) is 0 Å². The van der Waals surface area contributed by atoms with E-state index in [4.69, 9.17) is 4.74 Å². The lowest BCUT2D eigenvalue weighted by Gasteiger charge is -2.12. The molecule has 0 saturated carbocycles. The maximum atomic E-state index is 13.3. The molecule has 0 saturated heterocycles. The van der Waals surface area contributed by atoms with Gasteiger partial charge in [0.25, 0.3) is 11.5 Å². The molecule has 4 rings (SSSR count). The predicted molar refractivity (Wildman–Crippen MR) is 118 cm³/mol. The molecule has 1 aromatic heterocycles. The third-order valence-electron chi connectivity index (χ3n) is 4.81. The third-order valence-corrected chi connectivity index (χ3v) is 4.81. The molecule has 0 bridgehead atoms. The summed E-state index contributed by atoms with van der Waals surface area (Å²) in [6.07, 6.45) is 0. The molecule has 3 aromatic carbocycles. The first-order valence-corrected chi connectivity index (χ1v) is 9.80. The lowest BCUT2D eigenvalue weighted by molar-refractivity contribution is 0.102. The molecular formula is C24H20FN3O3. The Hall–Kier alpha value is -4.00. The molecule has 0 aliphatic heterocycles. The molecule has 1 amide bonds. The average Bonchev–Trinajstić information content (AvgIpc) is 2.76. The molecule has 1 heterocycles. The molecule has 7 heteroatoms. The number of ether oxygens (including phenoxy) is 1. The quantitative estimate of drug-likeness (QED) is 0.520. The Kier molecular flexibility index (Phi) is 5.49. The summed E-state index contributed by atoms with van der Waals surface area (Å²) >= 11 is 0. The number of anilines is 1. The monoisotopic (exact) mass is 417 g/mol. The molecule has 0 aliphatic carbocycles. The van der Waals surface area contributed by atoms with Crippen LogP contribution < -0.4 is 15.6 Å². The van der Waals surface area contributed by atoms with Crippen molar-refractivity contribution in [1.82, 2.24) is 9.55 Å². The highest BCUT2D eigenvalue weighted by molar-refractivity contribution is 6.05. The number of nitrogens with zero attached hydrogens (tertiary/aromatic N) is 2. The Morgan fingerprint density at radius 3 is 2.45 bits per heavy atom. The van der Waals surface area contributed by atoms with E-state index in [0.29, 0.717) is 46.0 Å². The first kappa shape index (κ1) is 20.3. The number of rotatable bonds is 5. The van der Waals surface area contributed by atoms with Gasteiger partial charge < -0.3 is 10.1 Å². The topological polar surface area (TPSA) is 73.2 Å². The summed E-state index contributed by atoms with van der Waals surface area (Å²) in [6, 6.07) is 17.4. The number of aromatic nitrogens is 2. The highest BCUT2D eigenvalue weighted by Crippen LogP contribution is 2.19. The van der Waals surface area contributed by atoms with Gasteiger partial charge in [0, 0.05) is 11.3 Å². The van der Waals surface area contributed by atoms with Crippen LogP contribution in [0.3, 0.4) is 0 Å². The summed E-state index contributed by atoms with van der Waals surface area (Å²) in [6.45, 7) is 4.15. The van der Waals surface area contributed by atoms with Crippen LogP contribution in [-0.4, -0.2) is 22.1 Å². The van der Waals surface area contributed by atoms with Gasteiger partial charge in [-0.25, -0.2) is 9.37 Å². The van der Waals surface area contributed by atoms with Crippen LogP contribution in [-0.2, 0) is 0 Å². The van der Waals surface area contributed by atoms with Crippen molar-refractivity contribution in [3.63, 3.8) is 0 Å². The summed E-state index contributed by atoms with van der Waals surface area (Å²) in [4.78, 5) is 30.2. The molecule has 0 radical (unpaired) electrons. The lowest BCUT2D eigenvalue weighted by Crippen LogP contribution is -2.22. The molecule has 0 fully saturated rings. The minimum absolute atomic E-state index is 0.300. The van der Waals surface area contributed by atoms with Gasteiger partial charge in [-0.1, -0.05) is 0 Å². The summed E-state index contributed by atoms with van der Waals surface area (Å²) in [7, 11) is 0. The van der Waals surface area contributed by atoms with E-state index in [2.05, 4.69) is 10.3 Å². The minimum Gasteiger partial charge on any atom is -0.494 e. The number of benzene rings is 3. The smallest absolute Gasteiger partial charge is 0.266 e. The van der Waals surface area contributed by atoms with E-state index in [-0.39, 0.29) is 17.3 Å². The van der Waals surface area contributed by atoms with Crippen molar-refractivity contribution in [3.05, 3.63) is 94.3 Å². The molecule has 6 nitrogen and oxygen atoms in total. The van der Waals surface area contributed by atoms with Crippen molar-refractivity contribution < 1.29 is 13.9 Å². The van der Waals surface area contributed by atoms with Crippen LogP contribution >= 0.6 is 0 Å². The van der Waals surface area contributed by atoms with Crippen LogP contribution in [0.25, 0.3) is 16.6 Å². The molecule has 0 atom stereocenters. The van der Waals surface area contributed by atoms with E-state index >= 15 is 0 Å². The molecule has 0 unspecified atom stereocenters. The van der Waals surface area contributed by atoms with Crippen molar-refractivity contribution in [1.29, 1.82) is 0 Å². The Morgan fingerprint density at radius 2 is 1.77 bits per heavy atom. The van der Waals surface area contributed by atoms with Gasteiger partial charge in [-0.2, -0.15) is 0 Å². The Bertz CT molecular complexity index is 1310. The molecule has 0 spiro atoms. The standard InChI is InChI=1S/C24H20FN3O3/c1-3-31-20-11-4-16(5-12-20)23(29)27-18-8-13-22-21(14-18)24(30)28(15(2)26-22)19-9-6-17(25)7-10-19/h4-14H,3H2,1-2H3,(H,27,29). The van der Waals surface area contributed by atoms with Crippen LogP contribution in [0.2, 0.25) is 0 Å². The second kappa shape index (κ2) is 8.39. The zero-order valence-corrected chi connectivity index (χ0v) is 17.1. The number of carbonyl (C=O) groups is 1. The Balaban J connectivity index is 1.67. The van der Waals surface area contributed by atoms with Gasteiger partial charge in [0.2, 0.25) is 0 Å². The van der Waals surface area contributed by atoms with Gasteiger partial charge in [-0.3, -0.25) is 14.2 Å². The fraction of sp³-hybridized carbons (Fsp3) is 0.125. The number of halogens is 1. The summed E-state index contributed by atoms with van der Waals surface area (Å²) in [5.41, 5.74) is 1.67. The summed E-state index contributed by atoms with van der Waals surface area (Å²) < 4.78 is 20.1. The second-order valence-corrected chi connectivity index (χ2v) is 6.92. The maximum Gasteiger partial charge on any atom is 0.266 e. The van der Waals surface area contributed by atoms with Gasteiger partial charge in [-0.05, 0) is 80.6 Å². The zero-order valence-electron chi connectivity index (χ0n) is 17.1. The highest BCUT2D eigenvalue weighted by atomic mass is 19.1. The zero-order chi connectivity index (χ0) is 22.0. The minimum atomic E-state index is -0.387. The normalized spacial score (nSPS) is 10.8. The van der Waals surface area contributed by atoms with Crippen LogP contribution in [0.15, 0.2) is 71.5 Å². The summed E-state index contributed by atoms with van der Waals surface area (Å²) in [5.74, 6) is 0.478. The number of carbonyl (C=O) groups excluding carboxylic acids is 1. The van der Waals surface area contributed by atoms with Crippen LogP contribution in [0.5, 0.6) is 5.75 Å². The van der Waals surface area contributed by atoms with E-state index in [1.54, 1.807) is 49.4 Å². The number of hydrogen-bond acceptors (Lipinski definition) is 4. The van der Waals surface area contributed by atoms with Crippen molar-refractivity contribution in [2.24, 2.45) is 0 Å². The fourth-order valence-corrected chi connectivity index (χ4v) is 3.34. The SMILES string of the molecule is CCOc1ccc(C(=O)Nc2ccc3nc(C)n(-c4ccc(F)cc4)c(=O)c3c2)cc1. The van der Waals surface area contributed by atoms with E-state index in [1.807, 2.05) is 6.92 Å². The number of fused-ring (bicyclic) bond motifs is 1. The number of nitrogens with one attached hydrogen (secondary N) is 1. The first-order valence-electron chi connectivity index (χ1n) is 9.80. The van der Waals surface area contributed by atoms with Crippen molar-refractivity contribution in [2.75, 3.05) is 11.9 Å². The van der Waals surface area contributed by atoms with E-state index in [1.165, 1.54) is 28.8 Å². The predicted octanol–water partition coefficient (Wildman–Crippen LogP) is 4.48. The van der Waals surface area contributed by atoms with Crippen molar-refractivity contribution in [3.8, 4) is 11.4 Å². The van der Waals surface area contributed by atoms with E-state index in [9.17, 15) is 14.0 Å². The molecule has 0 aliphatic rings. The van der Waals surface area contributed by atoms with Crippen LogP contribution in [0, 0.1) is 12.7 Å². The molecule has 1 N–H and O–H groups in total. The van der Waals surface area contributed by atoms with Gasteiger partial charge in [0.1, 0.15) is 17.4 Å².